The van der Waals surface area contributed by atoms with E-state index in [-0.39, 0.29) is 5.91 Å². The number of nitrogens with zero attached hydrogens (tertiary/aromatic N) is 2. The molecule has 0 saturated carbocycles. The van der Waals surface area contributed by atoms with Crippen molar-refractivity contribution in [3.8, 4) is 0 Å². The highest BCUT2D eigenvalue weighted by Crippen LogP contribution is 2.47. The van der Waals surface area contributed by atoms with Crippen LogP contribution >= 0.6 is 0 Å². The third-order valence-electron chi connectivity index (χ3n) is 5.12. The summed E-state index contributed by atoms with van der Waals surface area (Å²) in [6, 6.07) is 25.9. The van der Waals surface area contributed by atoms with E-state index >= 15 is 0 Å². The van der Waals surface area contributed by atoms with Crippen LogP contribution in [0, 0.1) is 0 Å². The SMILES string of the molecule is CN(C)c1ccc(C2(c3ccccc3)c3ccccc3C(=O)N2N)cc1. The van der Waals surface area contributed by atoms with Gasteiger partial charge in [-0.1, -0.05) is 60.7 Å². The van der Waals surface area contributed by atoms with Gasteiger partial charge in [0.15, 0.2) is 0 Å². The van der Waals surface area contributed by atoms with Crippen LogP contribution in [0.2, 0.25) is 0 Å². The van der Waals surface area contributed by atoms with Gasteiger partial charge in [-0.25, -0.2) is 5.84 Å². The fourth-order valence-electron chi connectivity index (χ4n) is 3.83. The third kappa shape index (κ3) is 2.16. The molecule has 1 atom stereocenters. The lowest BCUT2D eigenvalue weighted by Gasteiger charge is -2.37. The number of carbonyl (C=O) groups excluding carboxylic acids is 1. The highest BCUT2D eigenvalue weighted by molar-refractivity contribution is 6.01. The van der Waals surface area contributed by atoms with Gasteiger partial charge in [-0.2, -0.15) is 0 Å². The van der Waals surface area contributed by atoms with Crippen LogP contribution in [0.15, 0.2) is 78.9 Å². The van der Waals surface area contributed by atoms with Gasteiger partial charge in [-0.3, -0.25) is 9.80 Å². The quantitative estimate of drug-likeness (QED) is 0.586. The minimum absolute atomic E-state index is 0.166. The van der Waals surface area contributed by atoms with E-state index in [0.717, 1.165) is 22.4 Å². The Bertz CT molecular complexity index is 951. The number of hydrogen-bond acceptors (Lipinski definition) is 3. The molecule has 1 heterocycles. The van der Waals surface area contributed by atoms with Gasteiger partial charge in [0.05, 0.1) is 0 Å². The zero-order valence-corrected chi connectivity index (χ0v) is 14.9. The summed E-state index contributed by atoms with van der Waals surface area (Å²) in [5.41, 5.74) is 3.76. The summed E-state index contributed by atoms with van der Waals surface area (Å²) in [4.78, 5) is 15.0. The molecule has 0 fully saturated rings. The molecule has 1 aliphatic rings. The molecule has 3 aromatic carbocycles. The molecule has 1 unspecified atom stereocenters. The minimum Gasteiger partial charge on any atom is -0.378 e. The van der Waals surface area contributed by atoms with E-state index in [2.05, 4.69) is 24.3 Å². The molecule has 4 nitrogen and oxygen atoms in total. The van der Waals surface area contributed by atoms with Crippen molar-refractivity contribution in [1.82, 2.24) is 5.01 Å². The van der Waals surface area contributed by atoms with Crippen molar-refractivity contribution < 1.29 is 4.79 Å². The van der Waals surface area contributed by atoms with Crippen LogP contribution < -0.4 is 10.7 Å². The molecular weight excluding hydrogens is 322 g/mol. The molecule has 3 aromatic rings. The van der Waals surface area contributed by atoms with E-state index in [9.17, 15) is 4.79 Å². The lowest BCUT2D eigenvalue weighted by atomic mass is 9.77. The average Bonchev–Trinajstić information content (AvgIpc) is 2.91. The Balaban J connectivity index is 2.03. The number of fused-ring (bicyclic) bond motifs is 1. The lowest BCUT2D eigenvalue weighted by molar-refractivity contribution is 0.0677. The molecule has 0 spiro atoms. The van der Waals surface area contributed by atoms with Crippen molar-refractivity contribution in [3.05, 3.63) is 101 Å². The van der Waals surface area contributed by atoms with Gasteiger partial charge in [0.2, 0.25) is 0 Å². The van der Waals surface area contributed by atoms with Crippen LogP contribution in [0.5, 0.6) is 0 Å². The summed E-state index contributed by atoms with van der Waals surface area (Å²) in [6.45, 7) is 0. The van der Waals surface area contributed by atoms with E-state index in [1.54, 1.807) is 0 Å². The fraction of sp³-hybridized carbons (Fsp3) is 0.136. The van der Waals surface area contributed by atoms with Crippen molar-refractivity contribution in [2.24, 2.45) is 5.84 Å². The number of hydrazine groups is 1. The molecule has 2 N–H and O–H groups in total. The Kier molecular flexibility index (Phi) is 3.78. The number of carbonyl (C=O) groups is 1. The van der Waals surface area contributed by atoms with Crippen LogP contribution in [-0.2, 0) is 5.54 Å². The fourth-order valence-corrected chi connectivity index (χ4v) is 3.83. The van der Waals surface area contributed by atoms with Gasteiger partial charge in [0, 0.05) is 30.9 Å². The van der Waals surface area contributed by atoms with E-state index in [4.69, 9.17) is 5.84 Å². The number of amides is 1. The maximum Gasteiger partial charge on any atom is 0.269 e. The van der Waals surface area contributed by atoms with Crippen LogP contribution in [0.25, 0.3) is 0 Å². The Morgan fingerprint density at radius 2 is 1.38 bits per heavy atom. The molecule has 26 heavy (non-hydrogen) atoms. The van der Waals surface area contributed by atoms with Crippen LogP contribution in [0.3, 0.4) is 0 Å². The van der Waals surface area contributed by atoms with E-state index < -0.39 is 5.54 Å². The first-order valence-electron chi connectivity index (χ1n) is 8.59. The smallest absolute Gasteiger partial charge is 0.269 e. The zero-order chi connectivity index (χ0) is 18.3. The largest absolute Gasteiger partial charge is 0.378 e. The number of benzene rings is 3. The summed E-state index contributed by atoms with van der Waals surface area (Å²) in [7, 11) is 4.01. The first kappa shape index (κ1) is 16.4. The van der Waals surface area contributed by atoms with Gasteiger partial charge in [0.1, 0.15) is 5.54 Å². The molecule has 0 aromatic heterocycles. The van der Waals surface area contributed by atoms with Crippen molar-refractivity contribution in [2.75, 3.05) is 19.0 Å². The Morgan fingerprint density at radius 1 is 0.808 bits per heavy atom. The number of hydrogen-bond donors (Lipinski definition) is 1. The molecule has 0 aliphatic carbocycles. The highest BCUT2D eigenvalue weighted by Gasteiger charge is 2.51. The second kappa shape index (κ2) is 6.00. The third-order valence-corrected chi connectivity index (χ3v) is 5.12. The highest BCUT2D eigenvalue weighted by atomic mass is 16.2. The normalized spacial score (nSPS) is 18.7. The minimum atomic E-state index is -0.834. The van der Waals surface area contributed by atoms with Crippen molar-refractivity contribution >= 4 is 11.6 Å². The van der Waals surface area contributed by atoms with Crippen molar-refractivity contribution in [2.45, 2.75) is 5.54 Å². The predicted octanol–water partition coefficient (Wildman–Crippen LogP) is 3.37. The second-order valence-corrected chi connectivity index (χ2v) is 6.74. The first-order valence-corrected chi connectivity index (χ1v) is 8.59. The molecule has 130 valence electrons. The Hall–Kier alpha value is -3.11. The molecule has 1 aliphatic heterocycles. The molecule has 4 heteroatoms. The molecular formula is C22H21N3O. The van der Waals surface area contributed by atoms with Crippen LogP contribution in [-0.4, -0.2) is 25.0 Å². The van der Waals surface area contributed by atoms with Gasteiger partial charge in [-0.05, 0) is 29.3 Å². The van der Waals surface area contributed by atoms with Crippen LogP contribution in [0.1, 0.15) is 27.0 Å². The number of anilines is 1. The van der Waals surface area contributed by atoms with Crippen molar-refractivity contribution in [3.63, 3.8) is 0 Å². The molecule has 0 saturated heterocycles. The maximum atomic E-state index is 12.9. The summed E-state index contributed by atoms with van der Waals surface area (Å²) in [5, 5.41) is 1.37. The van der Waals surface area contributed by atoms with E-state index in [0.29, 0.717) is 5.56 Å². The van der Waals surface area contributed by atoms with E-state index in [1.165, 1.54) is 5.01 Å². The molecule has 4 rings (SSSR count). The molecule has 0 bridgehead atoms. The van der Waals surface area contributed by atoms with Crippen LogP contribution in [0.4, 0.5) is 5.69 Å². The Labute approximate surface area is 153 Å². The average molecular weight is 343 g/mol. The summed E-state index contributed by atoms with van der Waals surface area (Å²) in [5.74, 6) is 6.28. The van der Waals surface area contributed by atoms with Gasteiger partial charge in [0.25, 0.3) is 5.91 Å². The standard InChI is InChI=1S/C22H21N3O/c1-24(2)18-14-12-17(13-15-18)22(16-8-4-3-5-9-16)20-11-7-6-10-19(20)21(26)25(22)23/h3-15H,23H2,1-2H3. The zero-order valence-electron chi connectivity index (χ0n) is 14.9. The van der Waals surface area contributed by atoms with E-state index in [1.807, 2.05) is 73.6 Å². The first-order chi connectivity index (χ1) is 12.6. The summed E-state index contributed by atoms with van der Waals surface area (Å²) >= 11 is 0. The molecule has 0 radical (unpaired) electrons. The number of rotatable bonds is 3. The predicted molar refractivity (Wildman–Crippen MR) is 104 cm³/mol. The van der Waals surface area contributed by atoms with Gasteiger partial charge in [-0.15, -0.1) is 0 Å². The summed E-state index contributed by atoms with van der Waals surface area (Å²) < 4.78 is 0. The van der Waals surface area contributed by atoms with Crippen molar-refractivity contribution in [1.29, 1.82) is 0 Å². The summed E-state index contributed by atoms with van der Waals surface area (Å²) in [6.07, 6.45) is 0. The topological polar surface area (TPSA) is 49.6 Å². The van der Waals surface area contributed by atoms with Gasteiger partial charge >= 0.3 is 0 Å². The Morgan fingerprint density at radius 3 is 2.04 bits per heavy atom. The monoisotopic (exact) mass is 343 g/mol. The molecule has 1 amide bonds. The van der Waals surface area contributed by atoms with Gasteiger partial charge < -0.3 is 4.90 Å². The maximum absolute atomic E-state index is 12.9. The number of nitrogens with two attached hydrogens (primary N) is 1. The second-order valence-electron chi connectivity index (χ2n) is 6.74. The lowest BCUT2D eigenvalue weighted by Crippen LogP contribution is -2.50.